The van der Waals surface area contributed by atoms with E-state index >= 15 is 0 Å². The van der Waals surface area contributed by atoms with Crippen molar-refractivity contribution in [3.63, 3.8) is 0 Å². The maximum absolute atomic E-state index is 10.6. The minimum Gasteiger partial charge on any atom is -0.479 e. The van der Waals surface area contributed by atoms with Crippen LogP contribution in [0.3, 0.4) is 0 Å². The lowest BCUT2D eigenvalue weighted by molar-refractivity contribution is -0.136. The quantitative estimate of drug-likeness (QED) is 0.548. The maximum Gasteiger partial charge on any atom is 0.332 e. The topological polar surface area (TPSA) is 88.6 Å². The van der Waals surface area contributed by atoms with E-state index in [4.69, 9.17) is 10.8 Å². The second-order valence-corrected chi connectivity index (χ2v) is 2.76. The third-order valence-corrected chi connectivity index (χ3v) is 1.77. The van der Waals surface area contributed by atoms with Crippen molar-refractivity contribution in [1.82, 2.24) is 4.98 Å². The van der Waals surface area contributed by atoms with Gasteiger partial charge < -0.3 is 10.8 Å². The Hall–Kier alpha value is -1.91. The van der Waals surface area contributed by atoms with E-state index in [-0.39, 0.29) is 0 Å². The van der Waals surface area contributed by atoms with Crippen LogP contribution < -0.4 is 16.4 Å². The fraction of sp³-hybridized carbons (Fsp3) is 0.125. The zero-order chi connectivity index (χ0) is 9.42. The molecule has 0 aliphatic carbocycles. The fourth-order valence-corrected chi connectivity index (χ4v) is 1.19. The summed E-state index contributed by atoms with van der Waals surface area (Å²) in [6.45, 7) is 0. The highest BCUT2D eigenvalue weighted by atomic mass is 16.4. The van der Waals surface area contributed by atoms with Crippen molar-refractivity contribution in [2.45, 2.75) is 6.04 Å². The lowest BCUT2D eigenvalue weighted by atomic mass is 10.3. The summed E-state index contributed by atoms with van der Waals surface area (Å²) in [6, 6.07) is 0.846. The van der Waals surface area contributed by atoms with Crippen molar-refractivity contribution in [3.05, 3.63) is 23.0 Å². The predicted molar refractivity (Wildman–Crippen MR) is 45.3 cm³/mol. The Kier molecular flexibility index (Phi) is 1.51. The summed E-state index contributed by atoms with van der Waals surface area (Å²) in [4.78, 5) is 18.3. The molecule has 0 bridgehead atoms. The Labute approximate surface area is 73.2 Å². The van der Waals surface area contributed by atoms with Crippen LogP contribution in [-0.4, -0.2) is 22.1 Å². The minimum absolute atomic E-state index is 0.446. The molecule has 0 saturated heterocycles. The number of anilines is 1. The van der Waals surface area contributed by atoms with Crippen LogP contribution in [-0.2, 0) is 4.79 Å². The molecule has 1 aromatic heterocycles. The molecule has 0 spiro atoms. The molecule has 0 unspecified atom stereocenters. The molecule has 2 rings (SSSR count). The number of aliphatic carboxylic acids is 1. The van der Waals surface area contributed by atoms with Gasteiger partial charge in [0.15, 0.2) is 11.5 Å². The second kappa shape index (κ2) is 2.55. The normalized spacial score (nSPS) is 18.6. The van der Waals surface area contributed by atoms with Crippen LogP contribution in [0.5, 0.6) is 0 Å². The number of rotatable bonds is 1. The summed E-state index contributed by atoms with van der Waals surface area (Å²) in [6.07, 6.45) is 2.99. The van der Waals surface area contributed by atoms with Gasteiger partial charge in [-0.1, -0.05) is 0 Å². The molecular formula is C8H7N3O2. The van der Waals surface area contributed by atoms with Gasteiger partial charge in [0, 0.05) is 5.22 Å². The summed E-state index contributed by atoms with van der Waals surface area (Å²) in [5, 5.41) is 9.36. The van der Waals surface area contributed by atoms with Crippen LogP contribution in [0.1, 0.15) is 0 Å². The first-order valence-electron chi connectivity index (χ1n) is 3.71. The van der Waals surface area contributed by atoms with Gasteiger partial charge in [-0.15, -0.1) is 0 Å². The molecular weight excluding hydrogens is 170 g/mol. The summed E-state index contributed by atoms with van der Waals surface area (Å²) >= 11 is 0. The maximum atomic E-state index is 10.6. The first-order valence-corrected chi connectivity index (χ1v) is 3.71. The Morgan fingerprint density at radius 2 is 2.38 bits per heavy atom. The van der Waals surface area contributed by atoms with E-state index in [1.165, 1.54) is 12.3 Å². The molecule has 1 aromatic rings. The van der Waals surface area contributed by atoms with E-state index in [1.54, 1.807) is 6.07 Å². The number of aromatic nitrogens is 1. The number of carboxylic acids is 1. The number of fused-ring (bicyclic) bond motifs is 1. The summed E-state index contributed by atoms with van der Waals surface area (Å²) in [5.41, 5.74) is 6.44. The van der Waals surface area contributed by atoms with Gasteiger partial charge in [0.1, 0.15) is 0 Å². The molecule has 1 aliphatic rings. The monoisotopic (exact) mass is 177 g/mol. The standard InChI is InChI=1S/C8H7N3O2/c9-5-1-4-2-6(8(12)13)11-7(4)10-3-5/h1-3,6H,9H2,(H,12,13)/t6-/m1/s1. The Morgan fingerprint density at radius 3 is 3.08 bits per heavy atom. The molecule has 1 aliphatic heterocycles. The Bertz CT molecular complexity index is 481. The zero-order valence-electron chi connectivity index (χ0n) is 6.64. The molecule has 5 nitrogen and oxygen atoms in total. The third kappa shape index (κ3) is 1.24. The Morgan fingerprint density at radius 1 is 1.62 bits per heavy atom. The number of nitrogens with two attached hydrogens (primary N) is 1. The van der Waals surface area contributed by atoms with Gasteiger partial charge in [-0.2, -0.15) is 0 Å². The predicted octanol–water partition coefficient (Wildman–Crippen LogP) is -1.47. The largest absolute Gasteiger partial charge is 0.479 e. The average molecular weight is 177 g/mol. The van der Waals surface area contributed by atoms with Crippen LogP contribution in [0, 0.1) is 0 Å². The Balaban J connectivity index is 2.61. The van der Waals surface area contributed by atoms with Crippen LogP contribution in [0.2, 0.25) is 0 Å². The van der Waals surface area contributed by atoms with E-state index in [2.05, 4.69) is 9.98 Å². The average Bonchev–Trinajstić information content (AvgIpc) is 2.46. The first kappa shape index (κ1) is 7.72. The molecule has 0 aromatic carbocycles. The number of carbonyl (C=O) groups is 1. The van der Waals surface area contributed by atoms with Crippen LogP contribution in [0.15, 0.2) is 17.3 Å². The van der Waals surface area contributed by atoms with Crippen molar-refractivity contribution in [1.29, 1.82) is 0 Å². The van der Waals surface area contributed by atoms with E-state index in [0.717, 1.165) is 0 Å². The number of nitrogens with zero attached hydrogens (tertiary/aromatic N) is 2. The van der Waals surface area contributed by atoms with Gasteiger partial charge in [0.25, 0.3) is 0 Å². The second-order valence-electron chi connectivity index (χ2n) is 2.76. The lowest BCUT2D eigenvalue weighted by Crippen LogP contribution is -2.25. The SMILES string of the molecule is Nc1cnc2c(c1)=C[C@H](C(=O)O)N=2. The minimum atomic E-state index is -0.975. The van der Waals surface area contributed by atoms with E-state index in [9.17, 15) is 4.79 Å². The first-order chi connectivity index (χ1) is 6.16. The van der Waals surface area contributed by atoms with Crippen molar-refractivity contribution in [2.75, 3.05) is 5.73 Å². The van der Waals surface area contributed by atoms with Crippen LogP contribution in [0.25, 0.3) is 6.08 Å². The van der Waals surface area contributed by atoms with Crippen molar-refractivity contribution >= 4 is 17.7 Å². The van der Waals surface area contributed by atoms with Gasteiger partial charge >= 0.3 is 5.97 Å². The zero-order valence-corrected chi connectivity index (χ0v) is 6.64. The van der Waals surface area contributed by atoms with Crippen LogP contribution in [0.4, 0.5) is 5.69 Å². The molecule has 1 atom stereocenters. The molecule has 66 valence electrons. The van der Waals surface area contributed by atoms with Gasteiger partial charge in [-0.3, -0.25) is 0 Å². The van der Waals surface area contributed by atoms with Crippen molar-refractivity contribution in [2.24, 2.45) is 4.99 Å². The van der Waals surface area contributed by atoms with Crippen molar-refractivity contribution < 1.29 is 9.90 Å². The van der Waals surface area contributed by atoms with E-state index < -0.39 is 12.0 Å². The van der Waals surface area contributed by atoms with Crippen molar-refractivity contribution in [3.8, 4) is 0 Å². The molecule has 0 radical (unpaired) electrons. The smallest absolute Gasteiger partial charge is 0.332 e. The van der Waals surface area contributed by atoms with Gasteiger partial charge in [-0.05, 0) is 12.1 Å². The number of pyridine rings is 1. The van der Waals surface area contributed by atoms with E-state index in [1.807, 2.05) is 0 Å². The summed E-state index contributed by atoms with van der Waals surface area (Å²) in [5.74, 6) is -0.975. The van der Waals surface area contributed by atoms with Crippen LogP contribution >= 0.6 is 0 Å². The number of hydrogen-bond acceptors (Lipinski definition) is 4. The molecule has 3 N–H and O–H groups in total. The number of carboxylic acid groups (broad SMARTS) is 1. The molecule has 0 amide bonds. The van der Waals surface area contributed by atoms with Gasteiger partial charge in [0.2, 0.25) is 0 Å². The summed E-state index contributed by atoms with van der Waals surface area (Å²) in [7, 11) is 0. The lowest BCUT2D eigenvalue weighted by Gasteiger charge is -1.92. The molecule has 13 heavy (non-hydrogen) atoms. The fourth-order valence-electron chi connectivity index (χ4n) is 1.19. The van der Waals surface area contributed by atoms with Gasteiger partial charge in [-0.25, -0.2) is 14.8 Å². The summed E-state index contributed by atoms with van der Waals surface area (Å²) < 4.78 is 0. The highest BCUT2D eigenvalue weighted by Gasteiger charge is 2.16. The number of hydrogen-bond donors (Lipinski definition) is 2. The van der Waals surface area contributed by atoms with Gasteiger partial charge in [0.05, 0.1) is 11.9 Å². The number of nitrogen functional groups attached to an aromatic ring is 1. The van der Waals surface area contributed by atoms with E-state index in [0.29, 0.717) is 16.4 Å². The molecule has 2 heterocycles. The highest BCUT2D eigenvalue weighted by Crippen LogP contribution is 1.97. The molecule has 0 saturated carbocycles. The third-order valence-electron chi connectivity index (χ3n) is 1.77. The molecule has 5 heteroatoms. The highest BCUT2D eigenvalue weighted by molar-refractivity contribution is 5.82. The molecule has 0 fully saturated rings.